The maximum Gasteiger partial charge on any atom is 0.232 e. The largest absolute Gasteiger partial charge is 0.346 e. The molecule has 0 aliphatic carbocycles. The molecule has 1 amide bonds. The van der Waals surface area contributed by atoms with E-state index in [9.17, 15) is 17.6 Å². The van der Waals surface area contributed by atoms with Crippen molar-refractivity contribution < 1.29 is 17.6 Å². The number of nitrogens with zero attached hydrogens (tertiary/aromatic N) is 1. The molecule has 0 aliphatic rings. The summed E-state index contributed by atoms with van der Waals surface area (Å²) in [6.07, 6.45) is 2.01. The van der Waals surface area contributed by atoms with Crippen molar-refractivity contribution in [3.8, 4) is 11.1 Å². The van der Waals surface area contributed by atoms with Gasteiger partial charge in [-0.15, -0.1) is 0 Å². The molecule has 3 rings (SSSR count). The van der Waals surface area contributed by atoms with Gasteiger partial charge in [0.2, 0.25) is 15.9 Å². The van der Waals surface area contributed by atoms with E-state index in [-0.39, 0.29) is 17.3 Å². The lowest BCUT2D eigenvalue weighted by Crippen LogP contribution is -2.15. The molecule has 0 aliphatic heterocycles. The Kier molecular flexibility index (Phi) is 5.13. The summed E-state index contributed by atoms with van der Waals surface area (Å²) in [6.45, 7) is 3.20. The predicted molar refractivity (Wildman–Crippen MR) is 103 cm³/mol. The Hall–Kier alpha value is -2.94. The highest BCUT2D eigenvalue weighted by molar-refractivity contribution is 7.92. The number of carbonyl (C=O) groups excluding carboxylic acids is 1. The topological polar surface area (TPSA) is 104 Å². The molecule has 142 valence electrons. The van der Waals surface area contributed by atoms with Gasteiger partial charge in [0.25, 0.3) is 0 Å². The maximum atomic E-state index is 14.5. The zero-order valence-corrected chi connectivity index (χ0v) is 15.7. The monoisotopic (exact) mass is 390 g/mol. The summed E-state index contributed by atoms with van der Waals surface area (Å²) in [7, 11) is -3.57. The van der Waals surface area contributed by atoms with Crippen LogP contribution in [0.4, 0.5) is 15.9 Å². The molecule has 9 heteroatoms. The molecule has 0 radical (unpaired) electrons. The van der Waals surface area contributed by atoms with Gasteiger partial charge in [0, 0.05) is 18.0 Å². The van der Waals surface area contributed by atoms with Crippen molar-refractivity contribution >= 4 is 38.5 Å². The fraction of sp³-hybridized carbons (Fsp3) is 0.222. The standard InChI is InChI=1S/C18H19FN4O3S/c1-3-17(24)21-16-10-13(12-7-8-20-18(12)22-16)11-5-6-15(14(19)9-11)23-27(25,26)4-2/h5-10,23H,3-4H2,1-2H3,(H2,20,21,22,24). The van der Waals surface area contributed by atoms with Crippen molar-refractivity contribution in [1.82, 2.24) is 9.97 Å². The van der Waals surface area contributed by atoms with Crippen LogP contribution < -0.4 is 10.0 Å². The summed E-state index contributed by atoms with van der Waals surface area (Å²) in [4.78, 5) is 19.0. The predicted octanol–water partition coefficient (Wildman–Crippen LogP) is 3.48. The number of hydrogen-bond acceptors (Lipinski definition) is 4. The third kappa shape index (κ3) is 4.08. The van der Waals surface area contributed by atoms with Crippen molar-refractivity contribution in [2.45, 2.75) is 20.3 Å². The number of aromatic amines is 1. The highest BCUT2D eigenvalue weighted by atomic mass is 32.2. The number of H-pyrrole nitrogens is 1. The number of nitrogens with one attached hydrogen (secondary N) is 3. The van der Waals surface area contributed by atoms with Gasteiger partial charge in [-0.3, -0.25) is 9.52 Å². The molecule has 7 nitrogen and oxygen atoms in total. The van der Waals surface area contributed by atoms with Gasteiger partial charge in [0.05, 0.1) is 11.4 Å². The number of anilines is 2. The van der Waals surface area contributed by atoms with E-state index < -0.39 is 15.8 Å². The van der Waals surface area contributed by atoms with Crippen LogP contribution in [-0.4, -0.2) is 30.0 Å². The molecule has 2 heterocycles. The number of amides is 1. The van der Waals surface area contributed by atoms with Crippen LogP contribution in [0.1, 0.15) is 20.3 Å². The Morgan fingerprint density at radius 2 is 2.00 bits per heavy atom. The fourth-order valence-corrected chi connectivity index (χ4v) is 3.22. The van der Waals surface area contributed by atoms with Crippen LogP contribution in [0, 0.1) is 5.82 Å². The first-order valence-corrected chi connectivity index (χ1v) is 10.1. The highest BCUT2D eigenvalue weighted by Crippen LogP contribution is 2.32. The molecular weight excluding hydrogens is 371 g/mol. The van der Waals surface area contributed by atoms with Crippen molar-refractivity contribution in [1.29, 1.82) is 0 Å². The van der Waals surface area contributed by atoms with Gasteiger partial charge in [0.15, 0.2) is 0 Å². The summed E-state index contributed by atoms with van der Waals surface area (Å²) in [6, 6.07) is 7.70. The van der Waals surface area contributed by atoms with Crippen molar-refractivity contribution in [2.24, 2.45) is 0 Å². The molecule has 0 saturated carbocycles. The molecule has 1 aromatic carbocycles. The lowest BCUT2D eigenvalue weighted by atomic mass is 10.0. The fourth-order valence-electron chi connectivity index (χ4n) is 2.58. The van der Waals surface area contributed by atoms with E-state index in [0.29, 0.717) is 29.0 Å². The summed E-state index contributed by atoms with van der Waals surface area (Å²) >= 11 is 0. The number of carbonyl (C=O) groups is 1. The van der Waals surface area contributed by atoms with E-state index in [4.69, 9.17) is 0 Å². The van der Waals surface area contributed by atoms with Crippen LogP contribution >= 0.6 is 0 Å². The number of pyridine rings is 1. The van der Waals surface area contributed by atoms with Gasteiger partial charge in [-0.1, -0.05) is 13.0 Å². The zero-order chi connectivity index (χ0) is 19.6. The lowest BCUT2D eigenvalue weighted by Gasteiger charge is -2.11. The normalized spacial score (nSPS) is 11.5. The highest BCUT2D eigenvalue weighted by Gasteiger charge is 2.15. The lowest BCUT2D eigenvalue weighted by molar-refractivity contribution is -0.115. The molecule has 27 heavy (non-hydrogen) atoms. The molecule has 0 atom stereocenters. The summed E-state index contributed by atoms with van der Waals surface area (Å²) in [5, 5.41) is 3.45. The molecule has 3 aromatic rings. The molecule has 0 fully saturated rings. The van der Waals surface area contributed by atoms with Gasteiger partial charge in [-0.25, -0.2) is 17.8 Å². The number of rotatable bonds is 6. The smallest absolute Gasteiger partial charge is 0.232 e. The van der Waals surface area contributed by atoms with Crippen molar-refractivity contribution in [3.63, 3.8) is 0 Å². The minimum Gasteiger partial charge on any atom is -0.346 e. The quantitative estimate of drug-likeness (QED) is 0.599. The maximum absolute atomic E-state index is 14.5. The number of fused-ring (bicyclic) bond motifs is 1. The van der Waals surface area contributed by atoms with E-state index in [0.717, 1.165) is 5.39 Å². The molecule has 0 unspecified atom stereocenters. The van der Waals surface area contributed by atoms with E-state index in [1.165, 1.54) is 19.1 Å². The number of halogens is 1. The summed E-state index contributed by atoms with van der Waals surface area (Å²) < 4.78 is 40.0. The Bertz CT molecular complexity index is 1110. The van der Waals surface area contributed by atoms with Gasteiger partial charge in [0.1, 0.15) is 17.3 Å². The molecule has 0 saturated heterocycles. The second-order valence-electron chi connectivity index (χ2n) is 5.90. The third-order valence-corrected chi connectivity index (χ3v) is 5.33. The summed E-state index contributed by atoms with van der Waals surface area (Å²) in [5.41, 5.74) is 1.64. The van der Waals surface area contributed by atoms with Crippen LogP contribution in [0.2, 0.25) is 0 Å². The first kappa shape index (κ1) is 18.8. The minimum atomic E-state index is -3.57. The van der Waals surface area contributed by atoms with Gasteiger partial charge >= 0.3 is 0 Å². The van der Waals surface area contributed by atoms with Crippen LogP contribution in [0.15, 0.2) is 36.5 Å². The zero-order valence-electron chi connectivity index (χ0n) is 14.8. The van der Waals surface area contributed by atoms with E-state index in [1.807, 2.05) is 0 Å². The Morgan fingerprint density at radius 3 is 2.67 bits per heavy atom. The average Bonchev–Trinajstić information content (AvgIpc) is 3.11. The molecule has 0 spiro atoms. The van der Waals surface area contributed by atoms with Gasteiger partial charge in [-0.2, -0.15) is 0 Å². The number of benzene rings is 1. The number of aromatic nitrogens is 2. The van der Waals surface area contributed by atoms with Gasteiger partial charge < -0.3 is 10.3 Å². The molecule has 3 N–H and O–H groups in total. The van der Waals surface area contributed by atoms with Gasteiger partial charge in [-0.05, 0) is 42.3 Å². The number of sulfonamides is 1. The van der Waals surface area contributed by atoms with Crippen molar-refractivity contribution in [3.05, 3.63) is 42.3 Å². The second kappa shape index (κ2) is 7.36. The first-order chi connectivity index (χ1) is 12.8. The summed E-state index contributed by atoms with van der Waals surface area (Å²) in [5.74, 6) is -0.676. The van der Waals surface area contributed by atoms with Crippen LogP contribution in [-0.2, 0) is 14.8 Å². The van der Waals surface area contributed by atoms with Crippen LogP contribution in [0.3, 0.4) is 0 Å². The second-order valence-corrected chi connectivity index (χ2v) is 7.91. The van der Waals surface area contributed by atoms with Crippen LogP contribution in [0.25, 0.3) is 22.2 Å². The number of hydrogen-bond donors (Lipinski definition) is 3. The Balaban J connectivity index is 2.05. The minimum absolute atomic E-state index is 0.112. The SMILES string of the molecule is CCC(=O)Nc1cc(-c2ccc(NS(=O)(=O)CC)c(F)c2)c2cc[nH]c2n1. The molecule has 2 aromatic heterocycles. The Morgan fingerprint density at radius 1 is 1.22 bits per heavy atom. The Labute approximate surface area is 156 Å². The molecular formula is C18H19FN4O3S. The first-order valence-electron chi connectivity index (χ1n) is 8.41. The van der Waals surface area contributed by atoms with Crippen molar-refractivity contribution in [2.75, 3.05) is 15.8 Å². The third-order valence-electron chi connectivity index (χ3n) is 4.04. The van der Waals surface area contributed by atoms with Crippen LogP contribution in [0.5, 0.6) is 0 Å². The van der Waals surface area contributed by atoms with E-state index in [1.54, 1.807) is 31.3 Å². The van der Waals surface area contributed by atoms with E-state index in [2.05, 4.69) is 20.0 Å². The van der Waals surface area contributed by atoms with E-state index >= 15 is 0 Å². The molecule has 0 bridgehead atoms. The average molecular weight is 390 g/mol.